The van der Waals surface area contributed by atoms with Gasteiger partial charge in [0.25, 0.3) is 5.56 Å². The van der Waals surface area contributed by atoms with Gasteiger partial charge in [-0.25, -0.2) is 9.18 Å². The predicted octanol–water partition coefficient (Wildman–Crippen LogP) is 2.41. The third-order valence-electron chi connectivity index (χ3n) is 6.06. The number of likely N-dealkylation sites (tertiary alicyclic amines) is 1. The van der Waals surface area contributed by atoms with Gasteiger partial charge in [0.15, 0.2) is 0 Å². The molecule has 3 aromatic rings. The van der Waals surface area contributed by atoms with E-state index in [1.54, 1.807) is 36.4 Å². The largest absolute Gasteiger partial charge is 0.481 e. The maximum absolute atomic E-state index is 13.2. The number of carboxylic acids is 1. The van der Waals surface area contributed by atoms with Crippen LogP contribution in [0.15, 0.2) is 58.1 Å². The zero-order valence-electron chi connectivity index (χ0n) is 17.0. The Morgan fingerprint density at radius 3 is 2.58 bits per heavy atom. The summed E-state index contributed by atoms with van der Waals surface area (Å²) in [5.41, 5.74) is 0.587. The molecular formula is C23H24FN3O4. The van der Waals surface area contributed by atoms with E-state index in [1.807, 2.05) is 0 Å². The minimum absolute atomic E-state index is 0.166. The summed E-state index contributed by atoms with van der Waals surface area (Å²) in [4.78, 5) is 41.6. The molecule has 31 heavy (non-hydrogen) atoms. The van der Waals surface area contributed by atoms with Crippen molar-refractivity contribution in [2.45, 2.75) is 25.3 Å². The van der Waals surface area contributed by atoms with Crippen LogP contribution < -0.4 is 11.2 Å². The number of carbonyl (C=O) groups is 1. The first kappa shape index (κ1) is 21.0. The average molecular weight is 425 g/mol. The standard InChI is InChI=1S/C23H24FN3O4/c24-16-8-6-15(7-9-16)17-10-13-26(14-19(17)22(29)30)11-3-12-27-21(28)18-4-1-2-5-20(18)25-23(27)31/h1-2,4-9,17,19H,3,10-14H2,(H,25,31)(H,29,30). The number of aromatic amines is 1. The second-order valence-corrected chi connectivity index (χ2v) is 7.98. The van der Waals surface area contributed by atoms with Gasteiger partial charge >= 0.3 is 11.7 Å². The van der Waals surface area contributed by atoms with Crippen LogP contribution in [0.1, 0.15) is 24.3 Å². The number of fused-ring (bicyclic) bond motifs is 1. The Bertz CT molecular complexity index is 1200. The number of nitrogens with one attached hydrogen (secondary N) is 1. The molecule has 2 N–H and O–H groups in total. The fourth-order valence-electron chi connectivity index (χ4n) is 4.44. The lowest BCUT2D eigenvalue weighted by molar-refractivity contribution is -0.144. The van der Waals surface area contributed by atoms with Crippen LogP contribution in [-0.2, 0) is 11.3 Å². The Morgan fingerprint density at radius 2 is 1.84 bits per heavy atom. The quantitative estimate of drug-likeness (QED) is 0.632. The molecule has 2 unspecified atom stereocenters. The fourth-order valence-corrected chi connectivity index (χ4v) is 4.44. The number of benzene rings is 2. The van der Waals surface area contributed by atoms with E-state index in [2.05, 4.69) is 9.88 Å². The number of hydrogen-bond acceptors (Lipinski definition) is 4. The molecule has 4 rings (SSSR count). The molecule has 2 aromatic carbocycles. The zero-order chi connectivity index (χ0) is 22.0. The van der Waals surface area contributed by atoms with Crippen molar-refractivity contribution in [1.29, 1.82) is 0 Å². The highest BCUT2D eigenvalue weighted by atomic mass is 19.1. The SMILES string of the molecule is O=C(O)C1CN(CCCn2c(=O)[nH]c3ccccc3c2=O)CCC1c1ccc(F)cc1. The molecule has 0 amide bonds. The lowest BCUT2D eigenvalue weighted by Crippen LogP contribution is -2.44. The molecule has 2 heterocycles. The van der Waals surface area contributed by atoms with Crippen LogP contribution in [0, 0.1) is 11.7 Å². The van der Waals surface area contributed by atoms with Gasteiger partial charge in [-0.3, -0.25) is 14.2 Å². The van der Waals surface area contributed by atoms with E-state index in [1.165, 1.54) is 16.7 Å². The topological polar surface area (TPSA) is 95.4 Å². The average Bonchev–Trinajstić information content (AvgIpc) is 2.76. The lowest BCUT2D eigenvalue weighted by atomic mass is 9.80. The van der Waals surface area contributed by atoms with E-state index in [0.29, 0.717) is 43.4 Å². The number of aromatic nitrogens is 2. The van der Waals surface area contributed by atoms with Crippen molar-refractivity contribution in [2.75, 3.05) is 19.6 Å². The molecule has 1 aliphatic rings. The number of carboxylic acid groups (broad SMARTS) is 1. The van der Waals surface area contributed by atoms with Gasteiger partial charge in [-0.15, -0.1) is 0 Å². The molecule has 0 saturated carbocycles. The Morgan fingerprint density at radius 1 is 1.10 bits per heavy atom. The van der Waals surface area contributed by atoms with Crippen molar-refractivity contribution in [1.82, 2.24) is 14.5 Å². The number of piperidine rings is 1. The molecule has 2 atom stereocenters. The number of hydrogen-bond donors (Lipinski definition) is 2. The molecule has 1 fully saturated rings. The van der Waals surface area contributed by atoms with Gasteiger partial charge in [0, 0.05) is 13.1 Å². The van der Waals surface area contributed by atoms with E-state index in [4.69, 9.17) is 0 Å². The van der Waals surface area contributed by atoms with Crippen molar-refractivity contribution in [2.24, 2.45) is 5.92 Å². The van der Waals surface area contributed by atoms with Gasteiger partial charge in [0.05, 0.1) is 16.8 Å². The van der Waals surface area contributed by atoms with Crippen LogP contribution in [0.4, 0.5) is 4.39 Å². The molecule has 0 bridgehead atoms. The van der Waals surface area contributed by atoms with Crippen molar-refractivity contribution >= 4 is 16.9 Å². The highest BCUT2D eigenvalue weighted by Crippen LogP contribution is 2.33. The van der Waals surface area contributed by atoms with Crippen molar-refractivity contribution in [3.63, 3.8) is 0 Å². The van der Waals surface area contributed by atoms with Gasteiger partial charge in [-0.1, -0.05) is 24.3 Å². The summed E-state index contributed by atoms with van der Waals surface area (Å²) in [6, 6.07) is 12.9. The van der Waals surface area contributed by atoms with E-state index in [0.717, 1.165) is 5.56 Å². The fraction of sp³-hybridized carbons (Fsp3) is 0.348. The van der Waals surface area contributed by atoms with Crippen molar-refractivity contribution in [3.8, 4) is 0 Å². The third kappa shape index (κ3) is 4.44. The predicted molar refractivity (Wildman–Crippen MR) is 115 cm³/mol. The second kappa shape index (κ2) is 8.85. The van der Waals surface area contributed by atoms with Gasteiger partial charge in [-0.2, -0.15) is 0 Å². The summed E-state index contributed by atoms with van der Waals surface area (Å²) in [6.45, 7) is 1.92. The minimum atomic E-state index is -0.874. The van der Waals surface area contributed by atoms with Crippen LogP contribution in [0.3, 0.4) is 0 Å². The number of para-hydroxylation sites is 1. The first-order valence-corrected chi connectivity index (χ1v) is 10.4. The van der Waals surface area contributed by atoms with Gasteiger partial charge in [0.2, 0.25) is 0 Å². The molecule has 8 heteroatoms. The number of halogens is 1. The molecule has 1 aromatic heterocycles. The monoisotopic (exact) mass is 425 g/mol. The smallest absolute Gasteiger partial charge is 0.328 e. The highest BCUT2D eigenvalue weighted by Gasteiger charge is 2.35. The molecule has 162 valence electrons. The summed E-state index contributed by atoms with van der Waals surface area (Å²) in [7, 11) is 0. The zero-order valence-corrected chi connectivity index (χ0v) is 17.0. The maximum Gasteiger partial charge on any atom is 0.328 e. The minimum Gasteiger partial charge on any atom is -0.481 e. The molecule has 0 radical (unpaired) electrons. The van der Waals surface area contributed by atoms with Crippen LogP contribution in [0.5, 0.6) is 0 Å². The molecular weight excluding hydrogens is 401 g/mol. The number of H-pyrrole nitrogens is 1. The summed E-state index contributed by atoms with van der Waals surface area (Å²) in [6.07, 6.45) is 1.20. The second-order valence-electron chi connectivity index (χ2n) is 7.98. The Hall–Kier alpha value is -3.26. The Kier molecular flexibility index (Phi) is 5.99. The number of nitrogens with zero attached hydrogens (tertiary/aromatic N) is 2. The Balaban J connectivity index is 1.42. The van der Waals surface area contributed by atoms with Crippen molar-refractivity contribution < 1.29 is 14.3 Å². The third-order valence-corrected chi connectivity index (χ3v) is 6.06. The van der Waals surface area contributed by atoms with E-state index in [-0.39, 0.29) is 23.8 Å². The van der Waals surface area contributed by atoms with Crippen LogP contribution in [0.2, 0.25) is 0 Å². The first-order chi connectivity index (χ1) is 14.9. The van der Waals surface area contributed by atoms with Crippen LogP contribution in [-0.4, -0.2) is 45.2 Å². The molecule has 0 spiro atoms. The number of aliphatic carboxylic acids is 1. The molecule has 0 aliphatic carbocycles. The van der Waals surface area contributed by atoms with Gasteiger partial charge in [-0.05, 0) is 61.7 Å². The molecule has 1 saturated heterocycles. The summed E-state index contributed by atoms with van der Waals surface area (Å²) >= 11 is 0. The number of rotatable bonds is 6. The van der Waals surface area contributed by atoms with Gasteiger partial charge < -0.3 is 15.0 Å². The van der Waals surface area contributed by atoms with E-state index in [9.17, 15) is 23.9 Å². The first-order valence-electron chi connectivity index (χ1n) is 10.4. The summed E-state index contributed by atoms with van der Waals surface area (Å²) < 4.78 is 14.4. The van der Waals surface area contributed by atoms with Crippen molar-refractivity contribution in [3.05, 3.63) is 80.7 Å². The summed E-state index contributed by atoms with van der Waals surface area (Å²) in [5.74, 6) is -1.97. The molecule has 1 aliphatic heterocycles. The van der Waals surface area contributed by atoms with Crippen LogP contribution >= 0.6 is 0 Å². The van der Waals surface area contributed by atoms with Gasteiger partial charge in [0.1, 0.15) is 5.82 Å². The highest BCUT2D eigenvalue weighted by molar-refractivity contribution is 5.76. The lowest BCUT2D eigenvalue weighted by Gasteiger charge is -2.36. The van der Waals surface area contributed by atoms with E-state index >= 15 is 0 Å². The maximum atomic E-state index is 13.2. The van der Waals surface area contributed by atoms with E-state index < -0.39 is 17.6 Å². The normalized spacial score (nSPS) is 19.5. The van der Waals surface area contributed by atoms with Crippen LogP contribution in [0.25, 0.3) is 10.9 Å². The summed E-state index contributed by atoms with van der Waals surface area (Å²) in [5, 5.41) is 10.2. The molecule has 7 nitrogen and oxygen atoms in total. The Labute approximate surface area is 177 Å².